The normalized spacial score (nSPS) is 15.0. The predicted molar refractivity (Wildman–Crippen MR) is 88.9 cm³/mol. The number of carbonyl (C=O) groups is 1. The minimum atomic E-state index is -0.523. The molecule has 0 saturated heterocycles. The lowest BCUT2D eigenvalue weighted by Gasteiger charge is -2.34. The fraction of sp³-hybridized carbons (Fsp3) is 0.941. The Hall–Kier alpha value is -0.810. The third-order valence-electron chi connectivity index (χ3n) is 3.27. The third-order valence-corrected chi connectivity index (χ3v) is 3.27. The van der Waals surface area contributed by atoms with Crippen molar-refractivity contribution < 1.29 is 19.4 Å². The third kappa shape index (κ3) is 10.0. The molecular formula is C17H35NO4. The number of alkyl carbamates (subject to hydrolysis) is 1. The predicted octanol–water partition coefficient (Wildman–Crippen LogP) is 3.35. The first-order chi connectivity index (χ1) is 9.99. The summed E-state index contributed by atoms with van der Waals surface area (Å²) in [6.45, 7) is 14.7. The first-order valence-corrected chi connectivity index (χ1v) is 8.19. The van der Waals surface area contributed by atoms with E-state index in [9.17, 15) is 9.90 Å². The van der Waals surface area contributed by atoms with E-state index >= 15 is 0 Å². The molecule has 0 rings (SSSR count). The van der Waals surface area contributed by atoms with E-state index in [0.717, 1.165) is 6.42 Å². The molecule has 0 aromatic rings. The number of hydrogen-bond acceptors (Lipinski definition) is 4. The molecule has 22 heavy (non-hydrogen) atoms. The summed E-state index contributed by atoms with van der Waals surface area (Å²) in [4.78, 5) is 11.8. The van der Waals surface area contributed by atoms with E-state index in [1.54, 1.807) is 0 Å². The zero-order valence-corrected chi connectivity index (χ0v) is 15.4. The molecule has 0 aromatic carbocycles. The maximum absolute atomic E-state index is 11.8. The van der Waals surface area contributed by atoms with Gasteiger partial charge in [0.2, 0.25) is 0 Å². The highest BCUT2D eigenvalue weighted by Crippen LogP contribution is 2.30. The van der Waals surface area contributed by atoms with Crippen molar-refractivity contribution in [2.75, 3.05) is 19.8 Å². The molecule has 0 aromatic heterocycles. The first kappa shape index (κ1) is 21.2. The van der Waals surface area contributed by atoms with Gasteiger partial charge in [0, 0.05) is 18.6 Å². The van der Waals surface area contributed by atoms with E-state index in [2.05, 4.69) is 19.2 Å². The van der Waals surface area contributed by atoms with Crippen LogP contribution in [-0.4, -0.2) is 42.7 Å². The Morgan fingerprint density at radius 1 is 1.18 bits per heavy atom. The second-order valence-corrected chi connectivity index (χ2v) is 7.78. The fourth-order valence-electron chi connectivity index (χ4n) is 2.41. The molecule has 0 aliphatic carbocycles. The van der Waals surface area contributed by atoms with Crippen LogP contribution in [0.2, 0.25) is 0 Å². The average Bonchev–Trinajstić information content (AvgIpc) is 2.32. The Balaban J connectivity index is 4.66. The molecule has 5 nitrogen and oxygen atoms in total. The van der Waals surface area contributed by atoms with Gasteiger partial charge in [-0.15, -0.1) is 0 Å². The van der Waals surface area contributed by atoms with Crippen LogP contribution in [0, 0.1) is 11.3 Å². The largest absolute Gasteiger partial charge is 0.444 e. The van der Waals surface area contributed by atoms with Gasteiger partial charge >= 0.3 is 6.09 Å². The van der Waals surface area contributed by atoms with Gasteiger partial charge in [-0.25, -0.2) is 4.79 Å². The number of ether oxygens (including phenoxy) is 2. The van der Waals surface area contributed by atoms with Crippen LogP contribution in [0.15, 0.2) is 0 Å². The standard InChI is InChI=1S/C17H35NO4/c1-13(2)10-17(12-19,8-9-21-14(3)4)11-18-15(20)22-16(5,6)7/h13-14,19H,8-12H2,1-7H3,(H,18,20). The number of amides is 1. The molecule has 0 saturated carbocycles. The molecule has 0 aliphatic rings. The molecular weight excluding hydrogens is 282 g/mol. The lowest BCUT2D eigenvalue weighted by Crippen LogP contribution is -2.43. The van der Waals surface area contributed by atoms with Gasteiger partial charge in [0.1, 0.15) is 5.60 Å². The summed E-state index contributed by atoms with van der Waals surface area (Å²) in [5.74, 6) is 0.423. The van der Waals surface area contributed by atoms with Gasteiger partial charge in [-0.3, -0.25) is 0 Å². The molecule has 0 fully saturated rings. The lowest BCUT2D eigenvalue weighted by atomic mass is 9.78. The first-order valence-electron chi connectivity index (χ1n) is 8.19. The van der Waals surface area contributed by atoms with Crippen molar-refractivity contribution in [2.45, 2.75) is 73.0 Å². The van der Waals surface area contributed by atoms with Crippen LogP contribution in [0.25, 0.3) is 0 Å². The molecule has 0 radical (unpaired) electrons. The average molecular weight is 317 g/mol. The Morgan fingerprint density at radius 2 is 1.77 bits per heavy atom. The Morgan fingerprint density at radius 3 is 2.18 bits per heavy atom. The van der Waals surface area contributed by atoms with Crippen molar-refractivity contribution in [1.82, 2.24) is 5.32 Å². The van der Waals surface area contributed by atoms with Crippen LogP contribution in [-0.2, 0) is 9.47 Å². The summed E-state index contributed by atoms with van der Waals surface area (Å²) in [6, 6.07) is 0. The monoisotopic (exact) mass is 317 g/mol. The van der Waals surface area contributed by atoms with Crippen molar-refractivity contribution in [3.63, 3.8) is 0 Å². The number of hydrogen-bond donors (Lipinski definition) is 2. The van der Waals surface area contributed by atoms with E-state index < -0.39 is 11.7 Å². The summed E-state index contributed by atoms with van der Waals surface area (Å²) in [5, 5.41) is 12.7. The van der Waals surface area contributed by atoms with Crippen LogP contribution in [0.1, 0.15) is 61.3 Å². The van der Waals surface area contributed by atoms with Crippen LogP contribution >= 0.6 is 0 Å². The molecule has 1 unspecified atom stereocenters. The number of nitrogens with one attached hydrogen (secondary N) is 1. The van der Waals surface area contributed by atoms with Gasteiger partial charge in [0.15, 0.2) is 0 Å². The molecule has 0 spiro atoms. The summed E-state index contributed by atoms with van der Waals surface area (Å²) >= 11 is 0. The van der Waals surface area contributed by atoms with Crippen LogP contribution in [0.3, 0.4) is 0 Å². The van der Waals surface area contributed by atoms with Crippen molar-refractivity contribution >= 4 is 6.09 Å². The molecule has 5 heteroatoms. The summed E-state index contributed by atoms with van der Waals surface area (Å²) in [6.07, 6.45) is 1.24. The second kappa shape index (κ2) is 9.36. The quantitative estimate of drug-likeness (QED) is 0.684. The van der Waals surface area contributed by atoms with Crippen LogP contribution < -0.4 is 5.32 Å². The fourth-order valence-corrected chi connectivity index (χ4v) is 2.41. The molecule has 1 atom stereocenters. The van der Waals surface area contributed by atoms with E-state index in [0.29, 0.717) is 25.5 Å². The molecule has 132 valence electrons. The second-order valence-electron chi connectivity index (χ2n) is 7.78. The zero-order chi connectivity index (χ0) is 17.4. The number of aliphatic hydroxyl groups excluding tert-OH is 1. The van der Waals surface area contributed by atoms with E-state index in [1.807, 2.05) is 34.6 Å². The van der Waals surface area contributed by atoms with E-state index in [4.69, 9.17) is 9.47 Å². The summed E-state index contributed by atoms with van der Waals surface area (Å²) in [5.41, 5.74) is -0.898. The summed E-state index contributed by atoms with van der Waals surface area (Å²) < 4.78 is 10.9. The number of aliphatic hydroxyl groups is 1. The van der Waals surface area contributed by atoms with Gasteiger partial charge in [-0.05, 0) is 53.4 Å². The molecule has 0 aliphatic heterocycles. The Labute approximate surface area is 135 Å². The SMILES string of the molecule is CC(C)CC(CO)(CCOC(C)C)CNC(=O)OC(C)(C)C. The maximum atomic E-state index is 11.8. The maximum Gasteiger partial charge on any atom is 0.407 e. The van der Waals surface area contributed by atoms with Gasteiger partial charge in [0.05, 0.1) is 12.7 Å². The molecule has 0 bridgehead atoms. The molecule has 0 heterocycles. The highest BCUT2D eigenvalue weighted by molar-refractivity contribution is 5.67. The Bertz CT molecular complexity index is 323. The van der Waals surface area contributed by atoms with Crippen LogP contribution in [0.4, 0.5) is 4.79 Å². The smallest absolute Gasteiger partial charge is 0.407 e. The minimum Gasteiger partial charge on any atom is -0.444 e. The summed E-state index contributed by atoms with van der Waals surface area (Å²) in [7, 11) is 0. The lowest BCUT2D eigenvalue weighted by molar-refractivity contribution is 0.0151. The number of carbonyl (C=O) groups excluding carboxylic acids is 1. The van der Waals surface area contributed by atoms with Gasteiger partial charge in [-0.2, -0.15) is 0 Å². The highest BCUT2D eigenvalue weighted by Gasteiger charge is 2.31. The molecule has 1 amide bonds. The van der Waals surface area contributed by atoms with Gasteiger partial charge < -0.3 is 19.9 Å². The van der Waals surface area contributed by atoms with Crippen molar-refractivity contribution in [1.29, 1.82) is 0 Å². The zero-order valence-electron chi connectivity index (χ0n) is 15.4. The minimum absolute atomic E-state index is 0.0163. The highest BCUT2D eigenvalue weighted by atomic mass is 16.6. The van der Waals surface area contributed by atoms with E-state index in [1.165, 1.54) is 0 Å². The topological polar surface area (TPSA) is 67.8 Å². The Kier molecular flexibility index (Phi) is 9.01. The van der Waals surface area contributed by atoms with Crippen molar-refractivity contribution in [3.8, 4) is 0 Å². The van der Waals surface area contributed by atoms with Crippen molar-refractivity contribution in [2.24, 2.45) is 11.3 Å². The van der Waals surface area contributed by atoms with Gasteiger partial charge in [0.25, 0.3) is 0 Å². The molecule has 2 N–H and O–H groups in total. The van der Waals surface area contributed by atoms with E-state index in [-0.39, 0.29) is 18.1 Å². The van der Waals surface area contributed by atoms with Crippen LogP contribution in [0.5, 0.6) is 0 Å². The van der Waals surface area contributed by atoms with Crippen molar-refractivity contribution in [3.05, 3.63) is 0 Å². The number of rotatable bonds is 9. The van der Waals surface area contributed by atoms with Gasteiger partial charge in [-0.1, -0.05) is 13.8 Å².